The average Bonchev–Trinajstić information content (AvgIpc) is 3.01. The number of halogens is 1. The minimum Gasteiger partial charge on any atom is -0.305 e. The molecule has 0 aliphatic carbocycles. The number of rotatable bonds is 6. The van der Waals surface area contributed by atoms with Gasteiger partial charge in [-0.15, -0.1) is 10.2 Å². The zero-order chi connectivity index (χ0) is 18.4. The molecule has 1 heterocycles. The van der Waals surface area contributed by atoms with Crippen LogP contribution in [0, 0.1) is 0 Å². The van der Waals surface area contributed by atoms with Crippen LogP contribution < -0.4 is 5.43 Å². The van der Waals surface area contributed by atoms with Gasteiger partial charge in [0, 0.05) is 17.1 Å². The van der Waals surface area contributed by atoms with E-state index in [1.807, 2.05) is 66.2 Å². The van der Waals surface area contributed by atoms with Gasteiger partial charge in [0.1, 0.15) is 0 Å². The van der Waals surface area contributed by atoms with E-state index in [-0.39, 0.29) is 11.7 Å². The second kappa shape index (κ2) is 8.77. The fourth-order valence-electron chi connectivity index (χ4n) is 2.21. The predicted octanol–water partition coefficient (Wildman–Crippen LogP) is 3.49. The minimum atomic E-state index is -0.203. The van der Waals surface area contributed by atoms with Gasteiger partial charge in [-0.3, -0.25) is 4.79 Å². The van der Waals surface area contributed by atoms with Crippen LogP contribution in [0.1, 0.15) is 5.56 Å². The number of hydrazone groups is 1. The number of carbonyl (C=O) groups excluding carboxylic acids is 1. The van der Waals surface area contributed by atoms with Gasteiger partial charge >= 0.3 is 0 Å². The van der Waals surface area contributed by atoms with Crippen molar-refractivity contribution >= 4 is 39.8 Å². The molecule has 3 aromatic rings. The van der Waals surface area contributed by atoms with Crippen molar-refractivity contribution in [1.82, 2.24) is 20.2 Å². The molecule has 26 heavy (non-hydrogen) atoms. The molecule has 0 aliphatic rings. The third kappa shape index (κ3) is 4.80. The summed E-state index contributed by atoms with van der Waals surface area (Å²) >= 11 is 4.71. The Bertz CT molecular complexity index is 926. The van der Waals surface area contributed by atoms with Crippen LogP contribution in [0.4, 0.5) is 0 Å². The number of hydrogen-bond donors (Lipinski definition) is 1. The van der Waals surface area contributed by atoms with E-state index in [9.17, 15) is 4.79 Å². The molecule has 1 N–H and O–H groups in total. The molecular weight excluding hydrogens is 414 g/mol. The molecule has 0 unspecified atom stereocenters. The number of amides is 1. The lowest BCUT2D eigenvalue weighted by atomic mass is 10.2. The molecule has 0 aliphatic heterocycles. The summed E-state index contributed by atoms with van der Waals surface area (Å²) in [4.78, 5) is 11.9. The molecule has 0 atom stereocenters. The van der Waals surface area contributed by atoms with Gasteiger partial charge in [-0.25, -0.2) is 5.43 Å². The maximum absolute atomic E-state index is 11.9. The third-order valence-corrected chi connectivity index (χ3v) is 4.96. The number of thioether (sulfide) groups is 1. The number of nitrogens with zero attached hydrogens (tertiary/aromatic N) is 4. The third-order valence-electron chi connectivity index (χ3n) is 3.45. The Balaban J connectivity index is 1.54. The Labute approximate surface area is 163 Å². The number of carbonyl (C=O) groups is 1. The zero-order valence-electron chi connectivity index (χ0n) is 14.0. The lowest BCUT2D eigenvalue weighted by Gasteiger charge is -2.03. The molecule has 2 aromatic carbocycles. The Kier molecular flexibility index (Phi) is 6.19. The molecular formula is C18H16BrN5OS. The van der Waals surface area contributed by atoms with Crippen molar-refractivity contribution in [3.05, 3.63) is 64.6 Å². The van der Waals surface area contributed by atoms with Crippen molar-refractivity contribution in [3.63, 3.8) is 0 Å². The van der Waals surface area contributed by atoms with Gasteiger partial charge in [0.15, 0.2) is 11.0 Å². The standard InChI is InChI=1S/C18H16BrN5OS/c1-24-17(14-7-3-2-4-8-14)22-23-18(24)26-12-16(25)21-20-11-13-6-5-9-15(19)10-13/h2-11H,12H2,1H3,(H,21,25)/b20-11-. The van der Waals surface area contributed by atoms with Crippen molar-refractivity contribution in [3.8, 4) is 11.4 Å². The number of aromatic nitrogens is 3. The van der Waals surface area contributed by atoms with E-state index in [0.29, 0.717) is 5.16 Å². The van der Waals surface area contributed by atoms with E-state index in [0.717, 1.165) is 21.4 Å². The number of benzene rings is 2. The van der Waals surface area contributed by atoms with E-state index >= 15 is 0 Å². The van der Waals surface area contributed by atoms with Gasteiger partial charge in [-0.1, -0.05) is 70.2 Å². The molecule has 0 saturated carbocycles. The Morgan fingerprint density at radius 2 is 2.04 bits per heavy atom. The van der Waals surface area contributed by atoms with E-state index in [2.05, 4.69) is 36.7 Å². The predicted molar refractivity (Wildman–Crippen MR) is 107 cm³/mol. The topological polar surface area (TPSA) is 72.2 Å². The Morgan fingerprint density at radius 1 is 1.23 bits per heavy atom. The SMILES string of the molecule is Cn1c(SCC(=O)N/N=C\c2cccc(Br)c2)nnc1-c1ccccc1. The van der Waals surface area contributed by atoms with Crippen LogP contribution in [0.2, 0.25) is 0 Å². The van der Waals surface area contributed by atoms with Crippen molar-refractivity contribution in [1.29, 1.82) is 0 Å². The Morgan fingerprint density at radius 3 is 2.81 bits per heavy atom. The van der Waals surface area contributed by atoms with Crippen LogP contribution in [0.5, 0.6) is 0 Å². The second-order valence-corrected chi connectivity index (χ2v) is 7.23. The van der Waals surface area contributed by atoms with E-state index in [4.69, 9.17) is 0 Å². The average molecular weight is 430 g/mol. The van der Waals surface area contributed by atoms with Crippen molar-refractivity contribution in [2.45, 2.75) is 5.16 Å². The number of nitrogens with one attached hydrogen (secondary N) is 1. The van der Waals surface area contributed by atoms with E-state index in [1.54, 1.807) is 6.21 Å². The highest BCUT2D eigenvalue weighted by atomic mass is 79.9. The fraction of sp³-hybridized carbons (Fsp3) is 0.111. The monoisotopic (exact) mass is 429 g/mol. The molecule has 0 saturated heterocycles. The van der Waals surface area contributed by atoms with Gasteiger partial charge in [-0.05, 0) is 17.7 Å². The summed E-state index contributed by atoms with van der Waals surface area (Å²) in [6, 6.07) is 17.5. The van der Waals surface area contributed by atoms with E-state index in [1.165, 1.54) is 11.8 Å². The smallest absolute Gasteiger partial charge is 0.250 e. The highest BCUT2D eigenvalue weighted by Gasteiger charge is 2.12. The van der Waals surface area contributed by atoms with Crippen molar-refractivity contribution in [2.24, 2.45) is 12.1 Å². The first-order chi connectivity index (χ1) is 12.6. The van der Waals surface area contributed by atoms with Crippen molar-refractivity contribution < 1.29 is 4.79 Å². The van der Waals surface area contributed by atoms with Crippen LogP contribution in [-0.4, -0.2) is 32.6 Å². The molecule has 132 valence electrons. The highest BCUT2D eigenvalue weighted by Crippen LogP contribution is 2.22. The molecule has 3 rings (SSSR count). The first-order valence-electron chi connectivity index (χ1n) is 7.78. The molecule has 0 fully saturated rings. The molecule has 1 amide bonds. The molecule has 1 aromatic heterocycles. The molecule has 0 radical (unpaired) electrons. The maximum Gasteiger partial charge on any atom is 0.250 e. The maximum atomic E-state index is 11.9. The molecule has 0 bridgehead atoms. The van der Waals surface area contributed by atoms with Gasteiger partial charge in [0.05, 0.1) is 12.0 Å². The van der Waals surface area contributed by atoms with Gasteiger partial charge < -0.3 is 4.57 Å². The van der Waals surface area contributed by atoms with Crippen LogP contribution >= 0.6 is 27.7 Å². The van der Waals surface area contributed by atoms with E-state index < -0.39 is 0 Å². The van der Waals surface area contributed by atoms with Gasteiger partial charge in [-0.2, -0.15) is 5.10 Å². The first kappa shape index (κ1) is 18.3. The van der Waals surface area contributed by atoms with Crippen molar-refractivity contribution in [2.75, 3.05) is 5.75 Å². The summed E-state index contributed by atoms with van der Waals surface area (Å²) in [6.45, 7) is 0. The normalized spacial score (nSPS) is 11.0. The van der Waals surface area contributed by atoms with Crippen LogP contribution in [0.3, 0.4) is 0 Å². The second-order valence-electron chi connectivity index (χ2n) is 5.37. The summed E-state index contributed by atoms with van der Waals surface area (Å²) in [5.41, 5.74) is 4.40. The van der Waals surface area contributed by atoms with Crippen LogP contribution in [-0.2, 0) is 11.8 Å². The first-order valence-corrected chi connectivity index (χ1v) is 9.56. The quantitative estimate of drug-likeness (QED) is 0.369. The Hall–Kier alpha value is -2.45. The zero-order valence-corrected chi connectivity index (χ0v) is 16.4. The molecule has 0 spiro atoms. The van der Waals surface area contributed by atoms with Gasteiger partial charge in [0.25, 0.3) is 5.91 Å². The number of hydrogen-bond acceptors (Lipinski definition) is 5. The lowest BCUT2D eigenvalue weighted by Crippen LogP contribution is -2.19. The fourth-order valence-corrected chi connectivity index (χ4v) is 3.33. The lowest BCUT2D eigenvalue weighted by molar-refractivity contribution is -0.118. The summed E-state index contributed by atoms with van der Waals surface area (Å²) in [5.74, 6) is 0.767. The largest absolute Gasteiger partial charge is 0.305 e. The summed E-state index contributed by atoms with van der Waals surface area (Å²) in [7, 11) is 1.88. The summed E-state index contributed by atoms with van der Waals surface area (Å²) < 4.78 is 2.83. The van der Waals surface area contributed by atoms with Crippen LogP contribution in [0.25, 0.3) is 11.4 Å². The molecule has 6 nitrogen and oxygen atoms in total. The molecule has 8 heteroatoms. The summed E-state index contributed by atoms with van der Waals surface area (Å²) in [5, 5.41) is 13.0. The summed E-state index contributed by atoms with van der Waals surface area (Å²) in [6.07, 6.45) is 1.60. The minimum absolute atomic E-state index is 0.203. The highest BCUT2D eigenvalue weighted by molar-refractivity contribution is 9.10. The van der Waals surface area contributed by atoms with Gasteiger partial charge in [0.2, 0.25) is 0 Å². The van der Waals surface area contributed by atoms with Crippen LogP contribution in [0.15, 0.2) is 69.3 Å².